The summed E-state index contributed by atoms with van der Waals surface area (Å²) in [6.45, 7) is 2.66. The normalized spacial score (nSPS) is 13.0. The second-order valence-electron chi connectivity index (χ2n) is 4.62. The first-order valence-corrected chi connectivity index (χ1v) is 6.67. The van der Waals surface area contributed by atoms with E-state index in [0.717, 1.165) is 18.6 Å². The number of rotatable bonds is 7. The lowest BCUT2D eigenvalue weighted by molar-refractivity contribution is -0.137. The number of nitrogens with one attached hydrogen (secondary N) is 2. The Balaban J connectivity index is 2.42. The number of carbonyl (C=O) groups is 1. The zero-order valence-electron chi connectivity index (χ0n) is 11.7. The molecule has 3 N–H and O–H groups in total. The second-order valence-corrected chi connectivity index (χ2v) is 4.62. The van der Waals surface area contributed by atoms with E-state index in [9.17, 15) is 23.1 Å². The molecule has 0 aromatic heterocycles. The first-order valence-electron chi connectivity index (χ1n) is 6.67. The fourth-order valence-electron chi connectivity index (χ4n) is 1.66. The Bertz CT molecular complexity index is 447. The highest BCUT2D eigenvalue weighted by molar-refractivity contribution is 5.77. The number of halogens is 3. The van der Waals surface area contributed by atoms with Gasteiger partial charge in [-0.2, -0.15) is 13.2 Å². The van der Waals surface area contributed by atoms with Gasteiger partial charge in [-0.3, -0.25) is 4.79 Å². The molecule has 0 saturated heterocycles. The maximum atomic E-state index is 12.4. The third kappa shape index (κ3) is 6.14. The van der Waals surface area contributed by atoms with Crippen LogP contribution in [0.4, 0.5) is 13.2 Å². The minimum Gasteiger partial charge on any atom is -0.387 e. The van der Waals surface area contributed by atoms with Crippen LogP contribution in [0.3, 0.4) is 0 Å². The van der Waals surface area contributed by atoms with E-state index in [0.29, 0.717) is 12.1 Å². The summed E-state index contributed by atoms with van der Waals surface area (Å²) in [7, 11) is 0. The van der Waals surface area contributed by atoms with Crippen LogP contribution in [0, 0.1) is 0 Å². The largest absolute Gasteiger partial charge is 0.416 e. The number of aliphatic hydroxyl groups excluding tert-OH is 1. The quantitative estimate of drug-likeness (QED) is 0.720. The van der Waals surface area contributed by atoms with E-state index in [4.69, 9.17) is 0 Å². The van der Waals surface area contributed by atoms with Gasteiger partial charge in [-0.25, -0.2) is 0 Å². The number of carbonyl (C=O) groups excluding carboxylic acids is 1. The third-order valence-corrected chi connectivity index (χ3v) is 2.82. The maximum Gasteiger partial charge on any atom is 0.416 e. The van der Waals surface area contributed by atoms with Crippen LogP contribution in [0.15, 0.2) is 24.3 Å². The summed E-state index contributed by atoms with van der Waals surface area (Å²) < 4.78 is 37.2. The smallest absolute Gasteiger partial charge is 0.387 e. The lowest BCUT2D eigenvalue weighted by Gasteiger charge is -2.13. The van der Waals surface area contributed by atoms with E-state index < -0.39 is 17.8 Å². The van der Waals surface area contributed by atoms with Crippen molar-refractivity contribution in [3.8, 4) is 0 Å². The van der Waals surface area contributed by atoms with Gasteiger partial charge in [0, 0.05) is 13.1 Å². The van der Waals surface area contributed by atoms with Crippen LogP contribution >= 0.6 is 0 Å². The maximum absolute atomic E-state index is 12.4. The molecule has 1 unspecified atom stereocenters. The van der Waals surface area contributed by atoms with Crippen molar-refractivity contribution < 1.29 is 23.1 Å². The standard InChI is InChI=1S/C14H19F3N2O2/c1-2-7-19-13(21)9-18-8-12(20)10-3-5-11(6-4-10)14(15,16)17/h3-6,12,18,20H,2,7-9H2,1H3,(H,19,21). The molecular weight excluding hydrogens is 285 g/mol. The predicted octanol–water partition coefficient (Wildman–Crippen LogP) is 1.85. The Morgan fingerprint density at radius 3 is 2.43 bits per heavy atom. The highest BCUT2D eigenvalue weighted by Crippen LogP contribution is 2.29. The second kappa shape index (κ2) is 7.99. The summed E-state index contributed by atoms with van der Waals surface area (Å²) in [6, 6.07) is 4.30. The van der Waals surface area contributed by atoms with Gasteiger partial charge in [0.15, 0.2) is 0 Å². The number of aliphatic hydroxyl groups is 1. The summed E-state index contributed by atoms with van der Waals surface area (Å²) >= 11 is 0. The number of amides is 1. The molecule has 1 aromatic rings. The van der Waals surface area contributed by atoms with E-state index in [-0.39, 0.29) is 19.0 Å². The summed E-state index contributed by atoms with van der Waals surface area (Å²) in [5.41, 5.74) is -0.394. The first kappa shape index (κ1) is 17.5. The number of benzene rings is 1. The van der Waals surface area contributed by atoms with E-state index in [1.807, 2.05) is 6.92 Å². The van der Waals surface area contributed by atoms with Crippen molar-refractivity contribution in [2.45, 2.75) is 25.6 Å². The van der Waals surface area contributed by atoms with Crippen LogP contribution in [-0.4, -0.2) is 30.6 Å². The third-order valence-electron chi connectivity index (χ3n) is 2.82. The molecule has 4 nitrogen and oxygen atoms in total. The minimum atomic E-state index is -4.39. The topological polar surface area (TPSA) is 61.4 Å². The van der Waals surface area contributed by atoms with Gasteiger partial charge in [0.05, 0.1) is 18.2 Å². The van der Waals surface area contributed by atoms with Gasteiger partial charge >= 0.3 is 6.18 Å². The molecule has 0 aliphatic carbocycles. The Hall–Kier alpha value is -1.60. The summed E-state index contributed by atoms with van der Waals surface area (Å²) in [5, 5.41) is 15.2. The SMILES string of the molecule is CCCNC(=O)CNCC(O)c1ccc(C(F)(F)F)cc1. The van der Waals surface area contributed by atoms with E-state index >= 15 is 0 Å². The highest BCUT2D eigenvalue weighted by atomic mass is 19.4. The molecule has 118 valence electrons. The Morgan fingerprint density at radius 2 is 1.90 bits per heavy atom. The molecule has 0 fully saturated rings. The summed E-state index contributed by atoms with van der Waals surface area (Å²) in [5.74, 6) is -0.184. The fraction of sp³-hybridized carbons (Fsp3) is 0.500. The molecule has 0 radical (unpaired) electrons. The lowest BCUT2D eigenvalue weighted by Crippen LogP contribution is -2.35. The van der Waals surface area contributed by atoms with Gasteiger partial charge in [0.25, 0.3) is 0 Å². The van der Waals surface area contributed by atoms with Crippen molar-refractivity contribution in [3.05, 3.63) is 35.4 Å². The molecule has 0 bridgehead atoms. The molecule has 7 heteroatoms. The van der Waals surface area contributed by atoms with Crippen molar-refractivity contribution in [2.24, 2.45) is 0 Å². The first-order chi connectivity index (χ1) is 9.84. The lowest BCUT2D eigenvalue weighted by atomic mass is 10.1. The van der Waals surface area contributed by atoms with Crippen LogP contribution in [0.2, 0.25) is 0 Å². The number of hydrogen-bond donors (Lipinski definition) is 3. The zero-order chi connectivity index (χ0) is 15.9. The van der Waals surface area contributed by atoms with E-state index in [1.54, 1.807) is 0 Å². The van der Waals surface area contributed by atoms with Crippen LogP contribution < -0.4 is 10.6 Å². The van der Waals surface area contributed by atoms with Crippen molar-refractivity contribution in [1.29, 1.82) is 0 Å². The fourth-order valence-corrected chi connectivity index (χ4v) is 1.66. The molecule has 0 aliphatic heterocycles. The van der Waals surface area contributed by atoms with Gasteiger partial charge < -0.3 is 15.7 Å². The minimum absolute atomic E-state index is 0.0533. The predicted molar refractivity (Wildman–Crippen MR) is 72.6 cm³/mol. The average molecular weight is 304 g/mol. The van der Waals surface area contributed by atoms with Crippen LogP contribution in [0.25, 0.3) is 0 Å². The summed E-state index contributed by atoms with van der Waals surface area (Å²) in [4.78, 5) is 11.3. The van der Waals surface area contributed by atoms with Crippen LogP contribution in [0.1, 0.15) is 30.6 Å². The van der Waals surface area contributed by atoms with Gasteiger partial charge in [0.1, 0.15) is 0 Å². The molecule has 0 heterocycles. The van der Waals surface area contributed by atoms with Gasteiger partial charge in [0.2, 0.25) is 5.91 Å². The van der Waals surface area contributed by atoms with Crippen molar-refractivity contribution >= 4 is 5.91 Å². The average Bonchev–Trinajstić information content (AvgIpc) is 2.44. The number of hydrogen-bond acceptors (Lipinski definition) is 3. The van der Waals surface area contributed by atoms with Crippen molar-refractivity contribution in [3.63, 3.8) is 0 Å². The van der Waals surface area contributed by atoms with E-state index in [1.165, 1.54) is 12.1 Å². The molecule has 0 aliphatic rings. The molecule has 1 aromatic carbocycles. The van der Waals surface area contributed by atoms with Crippen molar-refractivity contribution in [1.82, 2.24) is 10.6 Å². The molecule has 0 saturated carbocycles. The number of alkyl halides is 3. The van der Waals surface area contributed by atoms with Crippen LogP contribution in [-0.2, 0) is 11.0 Å². The molecule has 0 spiro atoms. The Morgan fingerprint density at radius 1 is 1.29 bits per heavy atom. The van der Waals surface area contributed by atoms with Gasteiger partial charge in [-0.15, -0.1) is 0 Å². The molecule has 1 amide bonds. The van der Waals surface area contributed by atoms with Gasteiger partial charge in [-0.05, 0) is 24.1 Å². The van der Waals surface area contributed by atoms with E-state index in [2.05, 4.69) is 10.6 Å². The Labute approximate surface area is 121 Å². The highest BCUT2D eigenvalue weighted by Gasteiger charge is 2.30. The Kier molecular flexibility index (Phi) is 6.64. The molecule has 1 atom stereocenters. The monoisotopic (exact) mass is 304 g/mol. The zero-order valence-corrected chi connectivity index (χ0v) is 11.7. The van der Waals surface area contributed by atoms with Gasteiger partial charge in [-0.1, -0.05) is 19.1 Å². The van der Waals surface area contributed by atoms with Crippen LogP contribution in [0.5, 0.6) is 0 Å². The molecule has 21 heavy (non-hydrogen) atoms. The summed E-state index contributed by atoms with van der Waals surface area (Å²) in [6.07, 6.45) is -4.52. The molecule has 1 rings (SSSR count). The molecular formula is C14H19F3N2O2. The van der Waals surface area contributed by atoms with Crippen molar-refractivity contribution in [2.75, 3.05) is 19.6 Å².